The zero-order chi connectivity index (χ0) is 17.3. The topological polar surface area (TPSA) is 114 Å². The van der Waals surface area contributed by atoms with Gasteiger partial charge in [-0.2, -0.15) is 9.61 Å². The fourth-order valence-electron chi connectivity index (χ4n) is 2.61. The van der Waals surface area contributed by atoms with Crippen LogP contribution in [-0.4, -0.2) is 49.9 Å². The molecule has 0 spiro atoms. The zero-order valence-electron chi connectivity index (χ0n) is 13.1. The lowest BCUT2D eigenvalue weighted by molar-refractivity contribution is -0.155. The maximum atomic E-state index is 12.4. The van der Waals surface area contributed by atoms with E-state index in [0.717, 1.165) is 4.52 Å². The number of carbonyl (C=O) groups is 2. The quantitative estimate of drug-likeness (QED) is 0.698. The summed E-state index contributed by atoms with van der Waals surface area (Å²) in [6.45, 7) is 2.49. The molecule has 2 aromatic heterocycles. The first-order chi connectivity index (χ1) is 11.5. The molecule has 0 aromatic carbocycles. The summed E-state index contributed by atoms with van der Waals surface area (Å²) in [5.41, 5.74) is -0.00745. The third-order valence-electron chi connectivity index (χ3n) is 3.62. The van der Waals surface area contributed by atoms with Crippen molar-refractivity contribution in [2.45, 2.75) is 38.7 Å². The molecule has 0 bridgehead atoms. The van der Waals surface area contributed by atoms with Crippen molar-refractivity contribution in [1.82, 2.24) is 19.2 Å². The monoisotopic (exact) mass is 336 g/mol. The number of aromatic nitrogens is 4. The summed E-state index contributed by atoms with van der Waals surface area (Å²) in [6, 6.07) is 1.62. The molecule has 0 radical (unpaired) electrons. The number of hydrogen-bond acceptors (Lipinski definition) is 8. The van der Waals surface area contributed by atoms with E-state index in [0.29, 0.717) is 5.65 Å². The van der Waals surface area contributed by atoms with Gasteiger partial charge in [-0.05, 0) is 6.07 Å². The van der Waals surface area contributed by atoms with Gasteiger partial charge in [0.2, 0.25) is 0 Å². The second-order valence-corrected chi connectivity index (χ2v) is 5.35. The summed E-state index contributed by atoms with van der Waals surface area (Å²) in [5, 5.41) is 3.86. The van der Waals surface area contributed by atoms with E-state index >= 15 is 0 Å². The Labute approximate surface area is 135 Å². The molecule has 10 heteroatoms. The van der Waals surface area contributed by atoms with Gasteiger partial charge in [0.05, 0.1) is 0 Å². The number of rotatable bonds is 4. The lowest BCUT2D eigenvalue weighted by atomic mass is 10.2. The molecule has 10 nitrogen and oxygen atoms in total. The number of carbonyl (C=O) groups excluding carboxylic acids is 2. The Morgan fingerprint density at radius 1 is 1.38 bits per heavy atom. The molecule has 3 unspecified atom stereocenters. The van der Waals surface area contributed by atoms with Gasteiger partial charge in [0.1, 0.15) is 31.4 Å². The standard InChI is InChI=1S/C14H16N4O6/c1-8(19)22-6-11-10(23-9(2)20)5-13(24-11)17-4-3-12-15-7-16-18(12)14(17)21/h3-4,7,10-11,13H,5-6H2,1-2H3. The van der Waals surface area contributed by atoms with Gasteiger partial charge in [-0.1, -0.05) is 0 Å². The lowest BCUT2D eigenvalue weighted by Gasteiger charge is -2.17. The molecular formula is C14H16N4O6. The SMILES string of the molecule is CC(=O)OCC1OC(n2ccc3ncnn3c2=O)CC1OC(C)=O. The number of fused-ring (bicyclic) bond motifs is 1. The molecule has 1 saturated heterocycles. The molecule has 1 aliphatic rings. The van der Waals surface area contributed by atoms with E-state index in [1.807, 2.05) is 0 Å². The molecule has 3 rings (SSSR count). The lowest BCUT2D eigenvalue weighted by Crippen LogP contribution is -2.31. The normalized spacial score (nSPS) is 23.3. The van der Waals surface area contributed by atoms with Crippen LogP contribution in [0.4, 0.5) is 0 Å². The summed E-state index contributed by atoms with van der Waals surface area (Å²) >= 11 is 0. The van der Waals surface area contributed by atoms with E-state index in [2.05, 4.69) is 10.1 Å². The highest BCUT2D eigenvalue weighted by Gasteiger charge is 2.39. The van der Waals surface area contributed by atoms with Gasteiger partial charge < -0.3 is 14.2 Å². The van der Waals surface area contributed by atoms with Crippen molar-refractivity contribution in [1.29, 1.82) is 0 Å². The van der Waals surface area contributed by atoms with E-state index in [1.165, 1.54) is 30.9 Å². The van der Waals surface area contributed by atoms with E-state index in [-0.39, 0.29) is 13.0 Å². The Bertz CT molecular complexity index is 828. The van der Waals surface area contributed by atoms with E-state index in [1.54, 1.807) is 6.07 Å². The number of ether oxygens (including phenoxy) is 3. The molecule has 3 atom stereocenters. The minimum atomic E-state index is -0.670. The van der Waals surface area contributed by atoms with Gasteiger partial charge in [0.15, 0.2) is 5.65 Å². The Morgan fingerprint density at radius 2 is 2.17 bits per heavy atom. The summed E-state index contributed by atoms with van der Waals surface area (Å²) < 4.78 is 18.4. The summed E-state index contributed by atoms with van der Waals surface area (Å²) in [6.07, 6.45) is 1.13. The Hall–Kier alpha value is -2.75. The molecule has 0 N–H and O–H groups in total. The van der Waals surface area contributed by atoms with Crippen LogP contribution in [0.5, 0.6) is 0 Å². The van der Waals surface area contributed by atoms with Crippen molar-refractivity contribution in [3.05, 3.63) is 29.1 Å². The van der Waals surface area contributed by atoms with Crippen molar-refractivity contribution in [3.63, 3.8) is 0 Å². The Balaban J connectivity index is 1.85. The fourth-order valence-corrected chi connectivity index (χ4v) is 2.61. The first-order valence-electron chi connectivity index (χ1n) is 7.32. The summed E-state index contributed by atoms with van der Waals surface area (Å²) in [5.74, 6) is -0.944. The first-order valence-corrected chi connectivity index (χ1v) is 7.32. The zero-order valence-corrected chi connectivity index (χ0v) is 13.1. The molecule has 0 amide bonds. The summed E-state index contributed by atoms with van der Waals surface area (Å²) in [4.78, 5) is 38.6. The van der Waals surface area contributed by atoms with Crippen LogP contribution in [0.2, 0.25) is 0 Å². The van der Waals surface area contributed by atoms with Crippen LogP contribution in [0.3, 0.4) is 0 Å². The molecule has 24 heavy (non-hydrogen) atoms. The van der Waals surface area contributed by atoms with Crippen molar-refractivity contribution < 1.29 is 23.8 Å². The fraction of sp³-hybridized carbons (Fsp3) is 0.500. The van der Waals surface area contributed by atoms with Crippen molar-refractivity contribution in [2.75, 3.05) is 6.61 Å². The second-order valence-electron chi connectivity index (χ2n) is 5.35. The van der Waals surface area contributed by atoms with Crippen LogP contribution in [-0.2, 0) is 23.8 Å². The maximum Gasteiger partial charge on any atom is 0.352 e. The third kappa shape index (κ3) is 3.13. The Morgan fingerprint density at radius 3 is 2.88 bits per heavy atom. The van der Waals surface area contributed by atoms with E-state index < -0.39 is 36.1 Å². The van der Waals surface area contributed by atoms with Crippen molar-refractivity contribution >= 4 is 17.6 Å². The van der Waals surface area contributed by atoms with Gasteiger partial charge in [-0.3, -0.25) is 14.2 Å². The molecule has 128 valence electrons. The first kappa shape index (κ1) is 16.1. The van der Waals surface area contributed by atoms with Crippen molar-refractivity contribution in [3.8, 4) is 0 Å². The molecular weight excluding hydrogens is 320 g/mol. The molecule has 1 aliphatic heterocycles. The average Bonchev–Trinajstić information content (AvgIpc) is 3.12. The van der Waals surface area contributed by atoms with Gasteiger partial charge >= 0.3 is 17.6 Å². The minimum absolute atomic E-state index is 0.0654. The average molecular weight is 336 g/mol. The molecule has 0 saturated carbocycles. The molecule has 1 fully saturated rings. The van der Waals surface area contributed by atoms with E-state index in [4.69, 9.17) is 14.2 Å². The highest BCUT2D eigenvalue weighted by molar-refractivity contribution is 5.66. The highest BCUT2D eigenvalue weighted by atomic mass is 16.6. The highest BCUT2D eigenvalue weighted by Crippen LogP contribution is 2.30. The van der Waals surface area contributed by atoms with Gasteiger partial charge in [-0.25, -0.2) is 9.78 Å². The molecule has 3 heterocycles. The maximum absolute atomic E-state index is 12.4. The van der Waals surface area contributed by atoms with Crippen LogP contribution in [0.25, 0.3) is 5.65 Å². The summed E-state index contributed by atoms with van der Waals surface area (Å²) in [7, 11) is 0. The third-order valence-corrected chi connectivity index (χ3v) is 3.62. The number of hydrogen-bond donors (Lipinski definition) is 0. The predicted molar refractivity (Wildman–Crippen MR) is 78.0 cm³/mol. The van der Waals surface area contributed by atoms with E-state index in [9.17, 15) is 14.4 Å². The molecule has 2 aromatic rings. The van der Waals surface area contributed by atoms with Crippen LogP contribution in [0.15, 0.2) is 23.4 Å². The van der Waals surface area contributed by atoms with Crippen LogP contribution in [0, 0.1) is 0 Å². The van der Waals surface area contributed by atoms with Gasteiger partial charge in [0, 0.05) is 26.5 Å². The molecule has 0 aliphatic carbocycles. The largest absolute Gasteiger partial charge is 0.463 e. The number of nitrogens with zero attached hydrogens (tertiary/aromatic N) is 4. The van der Waals surface area contributed by atoms with Gasteiger partial charge in [-0.15, -0.1) is 0 Å². The predicted octanol–water partition coefficient (Wildman–Crippen LogP) is -0.327. The van der Waals surface area contributed by atoms with Crippen LogP contribution in [0.1, 0.15) is 26.5 Å². The number of esters is 2. The van der Waals surface area contributed by atoms with Crippen LogP contribution >= 0.6 is 0 Å². The van der Waals surface area contributed by atoms with Crippen molar-refractivity contribution in [2.24, 2.45) is 0 Å². The second kappa shape index (κ2) is 6.40. The van der Waals surface area contributed by atoms with Crippen LogP contribution < -0.4 is 5.69 Å². The Kier molecular flexibility index (Phi) is 4.30. The van der Waals surface area contributed by atoms with Gasteiger partial charge in [0.25, 0.3) is 0 Å². The minimum Gasteiger partial charge on any atom is -0.463 e. The smallest absolute Gasteiger partial charge is 0.352 e.